The van der Waals surface area contributed by atoms with Gasteiger partial charge in [0.2, 0.25) is 0 Å². The van der Waals surface area contributed by atoms with Gasteiger partial charge < -0.3 is 0 Å². The molecule has 1 aliphatic carbocycles. The minimum Gasteiger partial charge on any atom is -0.300 e. The van der Waals surface area contributed by atoms with Crippen molar-refractivity contribution in [3.63, 3.8) is 0 Å². The Balaban J connectivity index is 2.18. The molecule has 0 amide bonds. The van der Waals surface area contributed by atoms with E-state index in [9.17, 15) is 4.79 Å². The molecule has 0 fully saturated rings. The van der Waals surface area contributed by atoms with Crippen LogP contribution in [0.2, 0.25) is 0 Å². The first-order valence-corrected chi connectivity index (χ1v) is 6.99. The summed E-state index contributed by atoms with van der Waals surface area (Å²) in [6.45, 7) is 2.22. The third-order valence-corrected chi connectivity index (χ3v) is 3.72. The molecule has 1 unspecified atom stereocenters. The molecule has 18 heavy (non-hydrogen) atoms. The summed E-state index contributed by atoms with van der Waals surface area (Å²) >= 11 is 0. The molecule has 0 bridgehead atoms. The largest absolute Gasteiger partial charge is 0.300 e. The maximum atomic E-state index is 11.7. The number of carbonyl (C=O) groups is 1. The van der Waals surface area contributed by atoms with Gasteiger partial charge in [-0.15, -0.1) is 0 Å². The summed E-state index contributed by atoms with van der Waals surface area (Å²) in [5.74, 6) is 0.845. The number of ketones is 1. The van der Waals surface area contributed by atoms with Crippen LogP contribution in [-0.4, -0.2) is 5.78 Å². The van der Waals surface area contributed by atoms with E-state index in [2.05, 4.69) is 37.3 Å². The summed E-state index contributed by atoms with van der Waals surface area (Å²) in [5, 5.41) is 0. The summed E-state index contributed by atoms with van der Waals surface area (Å²) in [6.07, 6.45) is 8.17. The van der Waals surface area contributed by atoms with Crippen molar-refractivity contribution in [3.05, 3.63) is 47.5 Å². The smallest absolute Gasteiger partial charge is 0.132 e. The van der Waals surface area contributed by atoms with Crippen molar-refractivity contribution >= 4 is 5.78 Å². The lowest BCUT2D eigenvalue weighted by molar-refractivity contribution is -0.119. The van der Waals surface area contributed by atoms with Crippen LogP contribution in [0.5, 0.6) is 0 Å². The van der Waals surface area contributed by atoms with Crippen molar-refractivity contribution in [2.75, 3.05) is 0 Å². The highest BCUT2D eigenvalue weighted by molar-refractivity contribution is 5.78. The molecule has 1 nitrogen and oxygen atoms in total. The van der Waals surface area contributed by atoms with Crippen LogP contribution in [0.25, 0.3) is 0 Å². The van der Waals surface area contributed by atoms with Gasteiger partial charge >= 0.3 is 0 Å². The molecule has 0 aliphatic heterocycles. The van der Waals surface area contributed by atoms with Gasteiger partial charge in [0.25, 0.3) is 0 Å². The average Bonchev–Trinajstić information content (AvgIpc) is 2.40. The SMILES string of the molecule is CC1=CC(c2ccccc2)CCC(=O)CCCC1. The van der Waals surface area contributed by atoms with E-state index < -0.39 is 0 Å². The van der Waals surface area contributed by atoms with Crippen molar-refractivity contribution in [2.45, 2.75) is 51.4 Å². The average molecular weight is 242 g/mol. The van der Waals surface area contributed by atoms with Crippen LogP contribution >= 0.6 is 0 Å². The Morgan fingerprint density at radius 3 is 2.50 bits per heavy atom. The monoisotopic (exact) mass is 242 g/mol. The third-order valence-electron chi connectivity index (χ3n) is 3.72. The first kappa shape index (κ1) is 13.1. The molecular formula is C17H22O. The number of rotatable bonds is 1. The van der Waals surface area contributed by atoms with Crippen molar-refractivity contribution < 1.29 is 4.79 Å². The second-order valence-electron chi connectivity index (χ2n) is 5.31. The summed E-state index contributed by atoms with van der Waals surface area (Å²) in [7, 11) is 0. The minimum atomic E-state index is 0.410. The van der Waals surface area contributed by atoms with E-state index in [1.807, 2.05) is 6.07 Å². The van der Waals surface area contributed by atoms with E-state index in [1.165, 1.54) is 11.1 Å². The van der Waals surface area contributed by atoms with Gasteiger partial charge in [-0.3, -0.25) is 4.79 Å². The highest BCUT2D eigenvalue weighted by Gasteiger charge is 2.13. The van der Waals surface area contributed by atoms with Gasteiger partial charge in [-0.1, -0.05) is 42.0 Å². The molecule has 0 saturated heterocycles. The molecule has 0 spiro atoms. The van der Waals surface area contributed by atoms with E-state index in [-0.39, 0.29) is 0 Å². The number of allylic oxidation sites excluding steroid dienone is 2. The van der Waals surface area contributed by atoms with Crippen LogP contribution in [0.1, 0.15) is 56.9 Å². The van der Waals surface area contributed by atoms with E-state index in [0.29, 0.717) is 11.7 Å². The topological polar surface area (TPSA) is 17.1 Å². The second kappa shape index (κ2) is 6.53. The highest BCUT2D eigenvalue weighted by Crippen LogP contribution is 2.27. The molecule has 0 aromatic heterocycles. The molecule has 96 valence electrons. The fourth-order valence-corrected chi connectivity index (χ4v) is 2.64. The molecule has 1 heteroatoms. The van der Waals surface area contributed by atoms with Gasteiger partial charge in [0.1, 0.15) is 5.78 Å². The molecule has 1 atom stereocenters. The summed E-state index contributed by atoms with van der Waals surface area (Å²) in [6, 6.07) is 10.6. The Kier molecular flexibility index (Phi) is 4.74. The van der Waals surface area contributed by atoms with Crippen LogP contribution in [0.15, 0.2) is 42.0 Å². The lowest BCUT2D eigenvalue weighted by Crippen LogP contribution is -2.05. The van der Waals surface area contributed by atoms with Crippen LogP contribution in [0.4, 0.5) is 0 Å². The first-order chi connectivity index (χ1) is 8.75. The maximum Gasteiger partial charge on any atom is 0.132 e. The van der Waals surface area contributed by atoms with Crippen LogP contribution in [0.3, 0.4) is 0 Å². The van der Waals surface area contributed by atoms with Gasteiger partial charge in [0, 0.05) is 18.8 Å². The molecular weight excluding hydrogens is 220 g/mol. The predicted molar refractivity (Wildman–Crippen MR) is 75.6 cm³/mol. The van der Waals surface area contributed by atoms with E-state index in [1.54, 1.807) is 0 Å². The van der Waals surface area contributed by atoms with Crippen molar-refractivity contribution in [2.24, 2.45) is 0 Å². The predicted octanol–water partition coefficient (Wildman–Crippen LogP) is 4.64. The molecule has 0 radical (unpaired) electrons. The maximum absolute atomic E-state index is 11.7. The lowest BCUT2D eigenvalue weighted by Gasteiger charge is -2.16. The first-order valence-electron chi connectivity index (χ1n) is 6.99. The number of benzene rings is 1. The fourth-order valence-electron chi connectivity index (χ4n) is 2.64. The third kappa shape index (κ3) is 3.83. The van der Waals surface area contributed by atoms with Crippen LogP contribution in [-0.2, 0) is 4.79 Å². The van der Waals surface area contributed by atoms with E-state index in [4.69, 9.17) is 0 Å². The normalized spacial score (nSPS) is 22.4. The zero-order chi connectivity index (χ0) is 12.8. The molecule has 1 aromatic carbocycles. The van der Waals surface area contributed by atoms with Gasteiger partial charge in [-0.05, 0) is 38.2 Å². The summed E-state index contributed by atoms with van der Waals surface area (Å²) < 4.78 is 0. The highest BCUT2D eigenvalue weighted by atomic mass is 16.1. The molecule has 2 rings (SSSR count). The number of hydrogen-bond acceptors (Lipinski definition) is 1. The number of Topliss-reactive ketones (excluding diaryl/α,β-unsaturated/α-hetero) is 1. The Morgan fingerprint density at radius 2 is 1.72 bits per heavy atom. The number of carbonyl (C=O) groups excluding carboxylic acids is 1. The molecule has 0 saturated carbocycles. The van der Waals surface area contributed by atoms with Gasteiger partial charge in [-0.2, -0.15) is 0 Å². The molecule has 0 N–H and O–H groups in total. The fraction of sp³-hybridized carbons (Fsp3) is 0.471. The quantitative estimate of drug-likeness (QED) is 0.656. The van der Waals surface area contributed by atoms with Crippen molar-refractivity contribution in [1.82, 2.24) is 0 Å². The summed E-state index contributed by atoms with van der Waals surface area (Å²) in [4.78, 5) is 11.7. The van der Waals surface area contributed by atoms with Gasteiger partial charge in [0.15, 0.2) is 0 Å². The summed E-state index contributed by atoms with van der Waals surface area (Å²) in [5.41, 5.74) is 2.81. The molecule has 1 aliphatic rings. The van der Waals surface area contributed by atoms with Crippen LogP contribution in [0, 0.1) is 0 Å². The van der Waals surface area contributed by atoms with Crippen molar-refractivity contribution in [3.8, 4) is 0 Å². The standard InChI is InChI=1S/C17H22O/c1-14-7-5-6-10-17(18)12-11-16(13-14)15-8-3-2-4-9-15/h2-4,8-9,13,16H,5-7,10-12H2,1H3. The van der Waals surface area contributed by atoms with Crippen LogP contribution < -0.4 is 0 Å². The Morgan fingerprint density at radius 1 is 1.00 bits per heavy atom. The van der Waals surface area contributed by atoms with Gasteiger partial charge in [-0.25, -0.2) is 0 Å². The molecule has 1 aromatic rings. The Bertz CT molecular complexity index is 416. The zero-order valence-electron chi connectivity index (χ0n) is 11.2. The lowest BCUT2D eigenvalue weighted by atomic mass is 9.88. The van der Waals surface area contributed by atoms with E-state index in [0.717, 1.165) is 38.5 Å². The Labute approximate surface area is 110 Å². The minimum absolute atomic E-state index is 0.410. The van der Waals surface area contributed by atoms with Crippen molar-refractivity contribution in [1.29, 1.82) is 0 Å². The van der Waals surface area contributed by atoms with Gasteiger partial charge in [0.05, 0.1) is 0 Å². The zero-order valence-corrected chi connectivity index (χ0v) is 11.2. The Hall–Kier alpha value is -1.37. The molecule has 0 heterocycles. The van der Waals surface area contributed by atoms with E-state index >= 15 is 0 Å². The second-order valence-corrected chi connectivity index (χ2v) is 5.31. The number of hydrogen-bond donors (Lipinski definition) is 0.